The third-order valence-electron chi connectivity index (χ3n) is 3.48. The van der Waals surface area contributed by atoms with E-state index in [1.807, 2.05) is 19.1 Å². The molecule has 0 bridgehead atoms. The molecule has 0 atom stereocenters. The van der Waals surface area contributed by atoms with E-state index in [0.717, 1.165) is 23.2 Å². The second-order valence-corrected chi connectivity index (χ2v) is 4.78. The van der Waals surface area contributed by atoms with Crippen molar-refractivity contribution in [2.75, 3.05) is 6.54 Å². The van der Waals surface area contributed by atoms with Gasteiger partial charge in [0, 0.05) is 11.3 Å². The first kappa shape index (κ1) is 13.6. The Morgan fingerprint density at radius 3 is 2.68 bits per heavy atom. The van der Waals surface area contributed by atoms with E-state index in [1.54, 1.807) is 4.68 Å². The predicted octanol–water partition coefficient (Wildman–Crippen LogP) is 1.60. The van der Waals surface area contributed by atoms with Crippen LogP contribution in [-0.4, -0.2) is 16.3 Å². The topological polar surface area (TPSA) is 63.8 Å². The van der Waals surface area contributed by atoms with Gasteiger partial charge in [-0.2, -0.15) is 0 Å². The number of hydrogen-bond acceptors (Lipinski definition) is 2. The minimum atomic E-state index is 0.0607. The van der Waals surface area contributed by atoms with Gasteiger partial charge in [-0.25, -0.2) is 4.68 Å². The fourth-order valence-electron chi connectivity index (χ4n) is 2.34. The third kappa shape index (κ3) is 2.79. The summed E-state index contributed by atoms with van der Waals surface area (Å²) in [6, 6.07) is 8.12. The monoisotopic (exact) mass is 259 g/mol. The molecule has 0 saturated heterocycles. The molecule has 1 aromatic heterocycles. The van der Waals surface area contributed by atoms with Gasteiger partial charge in [0.25, 0.3) is 5.56 Å². The Morgan fingerprint density at radius 2 is 2.05 bits per heavy atom. The highest BCUT2D eigenvalue weighted by molar-refractivity contribution is 5.26. The molecule has 0 aliphatic rings. The number of rotatable bonds is 5. The summed E-state index contributed by atoms with van der Waals surface area (Å²) in [6.07, 6.45) is 1.46. The number of nitrogens with two attached hydrogens (primary N) is 1. The average molecular weight is 259 g/mol. The zero-order valence-electron chi connectivity index (χ0n) is 11.6. The summed E-state index contributed by atoms with van der Waals surface area (Å²) in [5.41, 5.74) is 9.83. The minimum Gasteiger partial charge on any atom is -0.330 e. The molecule has 2 rings (SSSR count). The summed E-state index contributed by atoms with van der Waals surface area (Å²) in [4.78, 5) is 12.3. The summed E-state index contributed by atoms with van der Waals surface area (Å²) < 4.78 is 1.69. The number of aromatic amines is 1. The molecule has 4 nitrogen and oxygen atoms in total. The van der Waals surface area contributed by atoms with Crippen LogP contribution in [-0.2, 0) is 19.4 Å². The molecule has 19 heavy (non-hydrogen) atoms. The van der Waals surface area contributed by atoms with Crippen molar-refractivity contribution >= 4 is 0 Å². The third-order valence-corrected chi connectivity index (χ3v) is 3.48. The van der Waals surface area contributed by atoms with E-state index < -0.39 is 0 Å². The van der Waals surface area contributed by atoms with Gasteiger partial charge in [0.05, 0.1) is 6.54 Å². The molecule has 2 aromatic rings. The average Bonchev–Trinajstić information content (AvgIpc) is 2.70. The predicted molar refractivity (Wildman–Crippen MR) is 77.5 cm³/mol. The van der Waals surface area contributed by atoms with Crippen LogP contribution < -0.4 is 11.3 Å². The fraction of sp³-hybridized carbons (Fsp3) is 0.400. The molecule has 0 aliphatic carbocycles. The van der Waals surface area contributed by atoms with Gasteiger partial charge in [-0.15, -0.1) is 0 Å². The molecule has 0 saturated carbocycles. The molecular weight excluding hydrogens is 238 g/mol. The van der Waals surface area contributed by atoms with Gasteiger partial charge in [0.1, 0.15) is 0 Å². The van der Waals surface area contributed by atoms with Crippen molar-refractivity contribution in [1.82, 2.24) is 9.78 Å². The van der Waals surface area contributed by atoms with Crippen LogP contribution in [0, 0.1) is 6.92 Å². The molecule has 0 amide bonds. The van der Waals surface area contributed by atoms with Crippen LogP contribution in [0.1, 0.15) is 29.3 Å². The van der Waals surface area contributed by atoms with Gasteiger partial charge >= 0.3 is 0 Å². The van der Waals surface area contributed by atoms with Crippen LogP contribution in [0.5, 0.6) is 0 Å². The van der Waals surface area contributed by atoms with Crippen LogP contribution in [0.15, 0.2) is 29.1 Å². The Hall–Kier alpha value is -1.81. The van der Waals surface area contributed by atoms with Gasteiger partial charge in [-0.1, -0.05) is 31.2 Å². The van der Waals surface area contributed by atoms with E-state index >= 15 is 0 Å². The minimum absolute atomic E-state index is 0.0607. The second-order valence-electron chi connectivity index (χ2n) is 4.78. The highest BCUT2D eigenvalue weighted by Gasteiger charge is 2.12. The molecular formula is C15H21N3O. The first-order valence-corrected chi connectivity index (χ1v) is 6.72. The van der Waals surface area contributed by atoms with E-state index in [9.17, 15) is 4.79 Å². The highest BCUT2D eigenvalue weighted by atomic mass is 16.1. The van der Waals surface area contributed by atoms with E-state index in [4.69, 9.17) is 5.73 Å². The zero-order chi connectivity index (χ0) is 13.8. The van der Waals surface area contributed by atoms with E-state index in [0.29, 0.717) is 19.5 Å². The lowest BCUT2D eigenvalue weighted by Gasteiger charge is -2.05. The highest BCUT2D eigenvalue weighted by Crippen LogP contribution is 2.09. The standard InChI is InChI=1S/C15H21N3O/c1-3-14-13(8-9-16)15(19)18(17-14)10-12-7-5-4-6-11(12)2/h4-7,17H,3,8-10,16H2,1-2H3. The van der Waals surface area contributed by atoms with Crippen molar-refractivity contribution in [3.8, 4) is 0 Å². The Morgan fingerprint density at radius 1 is 1.32 bits per heavy atom. The summed E-state index contributed by atoms with van der Waals surface area (Å²) in [5.74, 6) is 0. The Balaban J connectivity index is 2.36. The van der Waals surface area contributed by atoms with Crippen molar-refractivity contribution in [3.05, 3.63) is 57.0 Å². The van der Waals surface area contributed by atoms with Crippen LogP contribution in [0.3, 0.4) is 0 Å². The Labute approximate surface area is 113 Å². The van der Waals surface area contributed by atoms with Crippen molar-refractivity contribution in [2.45, 2.75) is 33.2 Å². The molecule has 1 heterocycles. The van der Waals surface area contributed by atoms with Gasteiger partial charge in [0.2, 0.25) is 0 Å². The van der Waals surface area contributed by atoms with Gasteiger partial charge < -0.3 is 5.73 Å². The molecule has 102 valence electrons. The van der Waals surface area contributed by atoms with E-state index in [-0.39, 0.29) is 5.56 Å². The maximum Gasteiger partial charge on any atom is 0.270 e. The molecule has 0 spiro atoms. The van der Waals surface area contributed by atoms with Crippen LogP contribution in [0.2, 0.25) is 0 Å². The van der Waals surface area contributed by atoms with Crippen LogP contribution >= 0.6 is 0 Å². The summed E-state index contributed by atoms with van der Waals surface area (Å²) in [5, 5.41) is 3.21. The SMILES string of the molecule is CCc1[nH]n(Cc2ccccc2C)c(=O)c1CCN. The molecule has 0 fully saturated rings. The normalized spacial score (nSPS) is 10.9. The number of H-pyrrole nitrogens is 1. The van der Waals surface area contributed by atoms with Crippen molar-refractivity contribution in [1.29, 1.82) is 0 Å². The van der Waals surface area contributed by atoms with Crippen molar-refractivity contribution in [2.24, 2.45) is 5.73 Å². The van der Waals surface area contributed by atoms with Crippen molar-refractivity contribution < 1.29 is 0 Å². The number of hydrogen-bond donors (Lipinski definition) is 2. The number of aromatic nitrogens is 2. The van der Waals surface area contributed by atoms with Gasteiger partial charge in [0.15, 0.2) is 0 Å². The van der Waals surface area contributed by atoms with Gasteiger partial charge in [-0.3, -0.25) is 9.89 Å². The maximum absolute atomic E-state index is 12.3. The molecule has 0 aliphatic heterocycles. The van der Waals surface area contributed by atoms with Crippen LogP contribution in [0.4, 0.5) is 0 Å². The van der Waals surface area contributed by atoms with E-state index in [1.165, 1.54) is 5.56 Å². The first-order chi connectivity index (χ1) is 9.17. The molecule has 4 heteroatoms. The smallest absolute Gasteiger partial charge is 0.270 e. The second kappa shape index (κ2) is 5.89. The Bertz CT molecular complexity index is 610. The lowest BCUT2D eigenvalue weighted by molar-refractivity contribution is 0.650. The lowest BCUT2D eigenvalue weighted by atomic mass is 10.1. The lowest BCUT2D eigenvalue weighted by Crippen LogP contribution is -2.21. The summed E-state index contributed by atoms with van der Waals surface area (Å²) >= 11 is 0. The number of benzene rings is 1. The number of aryl methyl sites for hydroxylation is 2. The summed E-state index contributed by atoms with van der Waals surface area (Å²) in [6.45, 7) is 5.20. The largest absolute Gasteiger partial charge is 0.330 e. The van der Waals surface area contributed by atoms with Crippen molar-refractivity contribution in [3.63, 3.8) is 0 Å². The quantitative estimate of drug-likeness (QED) is 0.856. The summed E-state index contributed by atoms with van der Waals surface area (Å²) in [7, 11) is 0. The van der Waals surface area contributed by atoms with Crippen LogP contribution in [0.25, 0.3) is 0 Å². The molecule has 1 aromatic carbocycles. The van der Waals surface area contributed by atoms with E-state index in [2.05, 4.69) is 24.2 Å². The van der Waals surface area contributed by atoms with Gasteiger partial charge in [-0.05, 0) is 37.4 Å². The molecule has 3 N–H and O–H groups in total. The number of nitrogens with one attached hydrogen (secondary N) is 1. The Kier molecular flexibility index (Phi) is 4.22. The molecule has 0 unspecified atom stereocenters. The molecule has 0 radical (unpaired) electrons. The first-order valence-electron chi connectivity index (χ1n) is 6.72. The zero-order valence-corrected chi connectivity index (χ0v) is 11.6. The number of nitrogens with zero attached hydrogens (tertiary/aromatic N) is 1. The maximum atomic E-state index is 12.3. The fourth-order valence-corrected chi connectivity index (χ4v) is 2.34.